The van der Waals surface area contributed by atoms with E-state index in [4.69, 9.17) is 11.5 Å². The maximum Gasteiger partial charge on any atom is 0.154 e. The smallest absolute Gasteiger partial charge is 0.154 e. The van der Waals surface area contributed by atoms with Gasteiger partial charge in [-0.25, -0.2) is 0 Å². The summed E-state index contributed by atoms with van der Waals surface area (Å²) >= 11 is 0. The monoisotopic (exact) mass is 240 g/mol. The Labute approximate surface area is 104 Å². The van der Waals surface area contributed by atoms with Crippen molar-refractivity contribution in [2.24, 2.45) is 0 Å². The highest BCUT2D eigenvalue weighted by atomic mass is 16.1. The number of nitrogen functional groups attached to an aromatic ring is 2. The van der Waals surface area contributed by atoms with Crippen LogP contribution in [0.5, 0.6) is 0 Å². The second-order valence-corrected chi connectivity index (χ2v) is 3.86. The van der Waals surface area contributed by atoms with Gasteiger partial charge >= 0.3 is 0 Å². The Morgan fingerprint density at radius 2 is 1.50 bits per heavy atom. The molecule has 0 radical (unpaired) electrons. The Morgan fingerprint density at radius 3 is 2.06 bits per heavy atom. The van der Waals surface area contributed by atoms with Gasteiger partial charge in [0.1, 0.15) is 0 Å². The number of nitrogens with two attached hydrogens (primary N) is 2. The molecule has 0 spiro atoms. The fourth-order valence-corrected chi connectivity index (χ4v) is 1.87. The minimum absolute atomic E-state index is 0.124. The van der Waals surface area contributed by atoms with Gasteiger partial charge in [0, 0.05) is 11.3 Å². The van der Waals surface area contributed by atoms with E-state index in [0.717, 1.165) is 5.56 Å². The third kappa shape index (κ3) is 1.84. The molecule has 18 heavy (non-hydrogen) atoms. The first-order valence-corrected chi connectivity index (χ1v) is 5.36. The minimum Gasteiger partial charge on any atom is -0.398 e. The molecule has 0 heterocycles. The van der Waals surface area contributed by atoms with Crippen LogP contribution in [0, 0.1) is 0 Å². The zero-order chi connectivity index (χ0) is 13.1. The Balaban J connectivity index is 2.76. The van der Waals surface area contributed by atoms with E-state index in [1.807, 2.05) is 30.3 Å². The molecule has 0 saturated carbocycles. The molecule has 4 N–H and O–H groups in total. The quantitative estimate of drug-likeness (QED) is 0.635. The zero-order valence-electron chi connectivity index (χ0n) is 9.59. The molecule has 0 bridgehead atoms. The molecule has 0 aliphatic rings. The van der Waals surface area contributed by atoms with Crippen LogP contribution in [0.25, 0.3) is 11.1 Å². The lowest BCUT2D eigenvalue weighted by Crippen LogP contribution is -2.05. The van der Waals surface area contributed by atoms with Crippen LogP contribution in [-0.2, 0) is 0 Å². The van der Waals surface area contributed by atoms with Gasteiger partial charge in [0.2, 0.25) is 0 Å². The molecule has 0 unspecified atom stereocenters. The Kier molecular flexibility index (Phi) is 3.10. The summed E-state index contributed by atoms with van der Waals surface area (Å²) in [4.78, 5) is 22.1. The zero-order valence-corrected chi connectivity index (χ0v) is 9.59. The third-order valence-electron chi connectivity index (χ3n) is 2.80. The second kappa shape index (κ2) is 4.71. The molecular weight excluding hydrogens is 228 g/mol. The van der Waals surface area contributed by atoms with Crippen LogP contribution in [0.2, 0.25) is 0 Å². The Bertz CT molecular complexity index is 607. The topological polar surface area (TPSA) is 86.2 Å². The molecule has 0 amide bonds. The molecular formula is C14H12N2O2. The minimum atomic E-state index is 0.124. The maximum atomic E-state index is 11.2. The molecule has 90 valence electrons. The maximum absolute atomic E-state index is 11.2. The van der Waals surface area contributed by atoms with Crippen molar-refractivity contribution in [2.45, 2.75) is 0 Å². The molecule has 2 aromatic carbocycles. The lowest BCUT2D eigenvalue weighted by Gasteiger charge is -2.12. The summed E-state index contributed by atoms with van der Waals surface area (Å²) in [7, 11) is 0. The molecule has 0 fully saturated rings. The van der Waals surface area contributed by atoms with Crippen LogP contribution in [-0.4, -0.2) is 12.6 Å². The standard InChI is InChI=1S/C14H12N2O2/c15-13-6-10(9-4-2-1-3-5-9)11(7-17)14(16)12(13)8-18/h1-8H,15-16H2. The van der Waals surface area contributed by atoms with Crippen molar-refractivity contribution in [1.29, 1.82) is 0 Å². The van der Waals surface area contributed by atoms with Crippen LogP contribution in [0.3, 0.4) is 0 Å². The molecule has 0 aliphatic carbocycles. The molecule has 0 atom stereocenters. The van der Waals surface area contributed by atoms with Gasteiger partial charge in [-0.15, -0.1) is 0 Å². The van der Waals surface area contributed by atoms with Gasteiger partial charge in [-0.2, -0.15) is 0 Å². The van der Waals surface area contributed by atoms with E-state index < -0.39 is 0 Å². The fourth-order valence-electron chi connectivity index (χ4n) is 1.87. The summed E-state index contributed by atoms with van der Waals surface area (Å²) in [5.41, 5.74) is 13.9. The van der Waals surface area contributed by atoms with Crippen LogP contribution < -0.4 is 11.5 Å². The van der Waals surface area contributed by atoms with Crippen molar-refractivity contribution in [3.05, 3.63) is 47.5 Å². The van der Waals surface area contributed by atoms with Crippen molar-refractivity contribution in [3.63, 3.8) is 0 Å². The van der Waals surface area contributed by atoms with E-state index >= 15 is 0 Å². The van der Waals surface area contributed by atoms with Crippen molar-refractivity contribution < 1.29 is 9.59 Å². The number of aldehydes is 2. The van der Waals surface area contributed by atoms with Gasteiger partial charge in [0.05, 0.1) is 11.3 Å². The molecule has 2 rings (SSSR count). The van der Waals surface area contributed by atoms with Crippen LogP contribution in [0.4, 0.5) is 11.4 Å². The number of anilines is 2. The van der Waals surface area contributed by atoms with Gasteiger partial charge in [-0.3, -0.25) is 9.59 Å². The Morgan fingerprint density at radius 1 is 0.889 bits per heavy atom. The fraction of sp³-hybridized carbons (Fsp3) is 0. The van der Waals surface area contributed by atoms with Crippen LogP contribution in [0.1, 0.15) is 20.7 Å². The predicted molar refractivity (Wildman–Crippen MR) is 71.5 cm³/mol. The van der Waals surface area contributed by atoms with Gasteiger partial charge in [0.25, 0.3) is 0 Å². The van der Waals surface area contributed by atoms with E-state index in [-0.39, 0.29) is 22.5 Å². The lowest BCUT2D eigenvalue weighted by atomic mass is 9.95. The molecule has 4 heteroatoms. The Hall–Kier alpha value is -2.62. The van der Waals surface area contributed by atoms with Crippen molar-refractivity contribution in [2.75, 3.05) is 11.5 Å². The molecule has 0 saturated heterocycles. The van der Waals surface area contributed by atoms with E-state index in [1.165, 1.54) is 0 Å². The van der Waals surface area contributed by atoms with E-state index in [2.05, 4.69) is 0 Å². The van der Waals surface area contributed by atoms with E-state index in [1.54, 1.807) is 6.07 Å². The average molecular weight is 240 g/mol. The lowest BCUT2D eigenvalue weighted by molar-refractivity contribution is 0.112. The third-order valence-corrected chi connectivity index (χ3v) is 2.80. The molecule has 0 aliphatic heterocycles. The second-order valence-electron chi connectivity index (χ2n) is 3.86. The first-order chi connectivity index (χ1) is 8.69. The average Bonchev–Trinajstić information content (AvgIpc) is 2.39. The predicted octanol–water partition coefficient (Wildman–Crippen LogP) is 2.14. The number of carbonyl (C=O) groups excluding carboxylic acids is 2. The molecule has 4 nitrogen and oxygen atoms in total. The van der Waals surface area contributed by atoms with Crippen LogP contribution >= 0.6 is 0 Å². The summed E-state index contributed by atoms with van der Waals surface area (Å²) in [5.74, 6) is 0. The number of benzene rings is 2. The number of hydrogen-bond acceptors (Lipinski definition) is 4. The van der Waals surface area contributed by atoms with Gasteiger partial charge in [-0.05, 0) is 17.2 Å². The number of rotatable bonds is 3. The summed E-state index contributed by atoms with van der Waals surface area (Å²) in [5, 5.41) is 0. The normalized spacial score (nSPS) is 10.0. The highest BCUT2D eigenvalue weighted by Gasteiger charge is 2.14. The van der Waals surface area contributed by atoms with Gasteiger partial charge in [0.15, 0.2) is 12.6 Å². The number of carbonyl (C=O) groups is 2. The SMILES string of the molecule is Nc1cc(-c2ccccc2)c(C=O)c(N)c1C=O. The first-order valence-electron chi connectivity index (χ1n) is 5.36. The largest absolute Gasteiger partial charge is 0.398 e. The van der Waals surface area contributed by atoms with Crippen LogP contribution in [0.15, 0.2) is 36.4 Å². The van der Waals surface area contributed by atoms with Crippen molar-refractivity contribution >= 4 is 23.9 Å². The van der Waals surface area contributed by atoms with E-state index in [0.29, 0.717) is 18.1 Å². The van der Waals surface area contributed by atoms with Gasteiger partial charge < -0.3 is 11.5 Å². The highest BCUT2D eigenvalue weighted by molar-refractivity contribution is 6.03. The van der Waals surface area contributed by atoms with Crippen molar-refractivity contribution in [3.8, 4) is 11.1 Å². The summed E-state index contributed by atoms with van der Waals surface area (Å²) < 4.78 is 0. The molecule has 2 aromatic rings. The summed E-state index contributed by atoms with van der Waals surface area (Å²) in [6, 6.07) is 10.9. The first kappa shape index (κ1) is 11.9. The summed E-state index contributed by atoms with van der Waals surface area (Å²) in [6.07, 6.45) is 1.20. The molecule has 0 aromatic heterocycles. The van der Waals surface area contributed by atoms with Crippen molar-refractivity contribution in [1.82, 2.24) is 0 Å². The highest BCUT2D eigenvalue weighted by Crippen LogP contribution is 2.32. The van der Waals surface area contributed by atoms with E-state index in [9.17, 15) is 9.59 Å². The van der Waals surface area contributed by atoms with Gasteiger partial charge in [-0.1, -0.05) is 30.3 Å². The summed E-state index contributed by atoms with van der Waals surface area (Å²) in [6.45, 7) is 0. The number of hydrogen-bond donors (Lipinski definition) is 2.